The van der Waals surface area contributed by atoms with E-state index in [0.29, 0.717) is 37.1 Å². The molecule has 1 aromatic heterocycles. The van der Waals surface area contributed by atoms with Crippen LogP contribution < -0.4 is 15.4 Å². The summed E-state index contributed by atoms with van der Waals surface area (Å²) in [7, 11) is 3.27. The highest BCUT2D eigenvalue weighted by Gasteiger charge is 2.07. The predicted molar refractivity (Wildman–Crippen MR) is 108 cm³/mol. The van der Waals surface area contributed by atoms with Crippen LogP contribution in [0.15, 0.2) is 27.6 Å². The molecule has 8 heteroatoms. The molecule has 1 aromatic carbocycles. The number of rotatable bonds is 6. The first kappa shape index (κ1) is 21.1. The van der Waals surface area contributed by atoms with E-state index < -0.39 is 0 Å². The Balaban J connectivity index is 0.00000312. The zero-order valence-electron chi connectivity index (χ0n) is 14.9. The van der Waals surface area contributed by atoms with Crippen molar-refractivity contribution in [2.75, 3.05) is 20.7 Å². The van der Waals surface area contributed by atoms with Crippen molar-refractivity contribution in [2.45, 2.75) is 26.8 Å². The second-order valence-corrected chi connectivity index (χ2v) is 5.35. The first-order valence-electron chi connectivity index (χ1n) is 7.76. The van der Waals surface area contributed by atoms with Gasteiger partial charge in [-0.15, -0.1) is 24.0 Å². The van der Waals surface area contributed by atoms with E-state index in [0.717, 1.165) is 17.0 Å². The van der Waals surface area contributed by atoms with Crippen molar-refractivity contribution in [3.8, 4) is 11.5 Å². The summed E-state index contributed by atoms with van der Waals surface area (Å²) < 4.78 is 10.6. The second-order valence-electron chi connectivity index (χ2n) is 5.35. The molecule has 0 fully saturated rings. The molecule has 2 aromatic rings. The van der Waals surface area contributed by atoms with Gasteiger partial charge in [0.1, 0.15) is 17.3 Å². The molecule has 0 saturated carbocycles. The quantitative estimate of drug-likeness (QED) is 0.349. The molecule has 3 N–H and O–H groups in total. The maximum absolute atomic E-state index is 9.95. The van der Waals surface area contributed by atoms with Crippen molar-refractivity contribution in [1.29, 1.82) is 0 Å². The van der Waals surface area contributed by atoms with Gasteiger partial charge in [0.2, 0.25) is 5.89 Å². The normalized spacial score (nSPS) is 11.0. The van der Waals surface area contributed by atoms with Gasteiger partial charge in [-0.3, -0.25) is 4.99 Å². The lowest BCUT2D eigenvalue weighted by Crippen LogP contribution is -2.37. The van der Waals surface area contributed by atoms with Gasteiger partial charge in [-0.25, -0.2) is 4.98 Å². The molecule has 0 spiro atoms. The lowest BCUT2D eigenvalue weighted by atomic mass is 10.1. The lowest BCUT2D eigenvalue weighted by molar-refractivity contribution is 0.406. The number of oxazole rings is 1. The van der Waals surface area contributed by atoms with Crippen LogP contribution in [0, 0.1) is 13.8 Å². The summed E-state index contributed by atoms with van der Waals surface area (Å²) >= 11 is 0. The molecule has 25 heavy (non-hydrogen) atoms. The Morgan fingerprint density at radius 2 is 2.08 bits per heavy atom. The van der Waals surface area contributed by atoms with Gasteiger partial charge in [0.15, 0.2) is 5.96 Å². The fourth-order valence-corrected chi connectivity index (χ4v) is 2.19. The number of aromatic nitrogens is 1. The smallest absolute Gasteiger partial charge is 0.214 e. The Morgan fingerprint density at radius 3 is 2.64 bits per heavy atom. The Bertz CT molecular complexity index is 696. The molecule has 0 aliphatic rings. The summed E-state index contributed by atoms with van der Waals surface area (Å²) in [4.78, 5) is 8.47. The number of aliphatic imine (C=N–C) groups is 1. The Hall–Kier alpha value is -1.97. The predicted octanol–water partition coefficient (Wildman–Crippen LogP) is 2.53. The van der Waals surface area contributed by atoms with Crippen LogP contribution in [0.1, 0.15) is 22.9 Å². The van der Waals surface area contributed by atoms with Gasteiger partial charge in [0.25, 0.3) is 0 Å². The number of hydrogen-bond donors (Lipinski definition) is 3. The molecule has 138 valence electrons. The molecule has 0 bridgehead atoms. The highest BCUT2D eigenvalue weighted by molar-refractivity contribution is 14.0. The Kier molecular flexibility index (Phi) is 8.53. The number of methoxy groups -OCH3 is 1. The molecule has 0 saturated heterocycles. The Labute approximate surface area is 164 Å². The number of ether oxygens (including phenoxy) is 1. The van der Waals surface area contributed by atoms with E-state index in [4.69, 9.17) is 9.15 Å². The summed E-state index contributed by atoms with van der Waals surface area (Å²) in [6.07, 6.45) is 0.660. The van der Waals surface area contributed by atoms with Crippen molar-refractivity contribution in [2.24, 2.45) is 4.99 Å². The summed E-state index contributed by atoms with van der Waals surface area (Å²) in [5.74, 6) is 2.96. The average Bonchev–Trinajstić information content (AvgIpc) is 2.90. The van der Waals surface area contributed by atoms with Gasteiger partial charge in [-0.2, -0.15) is 0 Å². The minimum Gasteiger partial charge on any atom is -0.508 e. The highest BCUT2D eigenvalue weighted by atomic mass is 127. The van der Waals surface area contributed by atoms with Gasteiger partial charge in [0, 0.05) is 19.7 Å². The molecule has 0 radical (unpaired) electrons. The van der Waals surface area contributed by atoms with Crippen LogP contribution in [0.3, 0.4) is 0 Å². The molecule has 2 rings (SSSR count). The molecule has 7 nitrogen and oxygen atoms in total. The van der Waals surface area contributed by atoms with Crippen LogP contribution in [0.4, 0.5) is 0 Å². The van der Waals surface area contributed by atoms with Gasteiger partial charge in [0.05, 0.1) is 19.3 Å². The maximum atomic E-state index is 9.95. The largest absolute Gasteiger partial charge is 0.508 e. The van der Waals surface area contributed by atoms with Crippen LogP contribution in [-0.2, 0) is 13.0 Å². The number of nitrogens with one attached hydrogen (secondary N) is 2. The van der Waals surface area contributed by atoms with Crippen LogP contribution in [0.5, 0.6) is 11.5 Å². The Morgan fingerprint density at radius 1 is 1.32 bits per heavy atom. The summed E-state index contributed by atoms with van der Waals surface area (Å²) in [6.45, 7) is 4.89. The van der Waals surface area contributed by atoms with E-state index in [1.165, 1.54) is 0 Å². The van der Waals surface area contributed by atoms with Gasteiger partial charge in [-0.1, -0.05) is 6.07 Å². The number of aromatic hydroxyl groups is 1. The lowest BCUT2D eigenvalue weighted by Gasteiger charge is -2.11. The highest BCUT2D eigenvalue weighted by Crippen LogP contribution is 2.23. The van der Waals surface area contributed by atoms with Gasteiger partial charge >= 0.3 is 0 Å². The molecule has 0 aliphatic heterocycles. The first-order chi connectivity index (χ1) is 11.5. The molecule has 0 unspecified atom stereocenters. The standard InChI is InChI=1S/C17H24N4O3.HI/c1-11-12(2)24-16(21-11)10-20-17(18-3)19-8-7-13-5-6-14(23-4)9-15(13)22;/h5-6,9,22H,7-8,10H2,1-4H3,(H2,18,19,20);1H. The molecular formula is C17H25IN4O3. The fraction of sp³-hybridized carbons (Fsp3) is 0.412. The summed E-state index contributed by atoms with van der Waals surface area (Å²) in [5, 5.41) is 16.3. The molecule has 0 amide bonds. The van der Waals surface area contributed by atoms with Gasteiger partial charge < -0.3 is 24.9 Å². The zero-order valence-corrected chi connectivity index (χ0v) is 17.3. The van der Waals surface area contributed by atoms with E-state index in [-0.39, 0.29) is 29.7 Å². The topological polar surface area (TPSA) is 91.9 Å². The van der Waals surface area contributed by atoms with Crippen LogP contribution in [-0.4, -0.2) is 36.8 Å². The summed E-state index contributed by atoms with van der Waals surface area (Å²) in [5.41, 5.74) is 1.74. The third-order valence-corrected chi connectivity index (χ3v) is 3.68. The van der Waals surface area contributed by atoms with E-state index >= 15 is 0 Å². The third kappa shape index (κ3) is 6.11. The number of phenols is 1. The number of guanidine groups is 1. The minimum atomic E-state index is 0. The third-order valence-electron chi connectivity index (χ3n) is 3.68. The number of benzene rings is 1. The van der Waals surface area contributed by atoms with Crippen LogP contribution in [0.2, 0.25) is 0 Å². The van der Waals surface area contributed by atoms with E-state index in [1.54, 1.807) is 20.2 Å². The number of hydrogen-bond acceptors (Lipinski definition) is 5. The minimum absolute atomic E-state index is 0. The van der Waals surface area contributed by atoms with E-state index in [9.17, 15) is 5.11 Å². The first-order valence-corrected chi connectivity index (χ1v) is 7.76. The number of halogens is 1. The van der Waals surface area contributed by atoms with Crippen molar-refractivity contribution in [3.05, 3.63) is 41.1 Å². The second kappa shape index (κ2) is 10.1. The van der Waals surface area contributed by atoms with Crippen molar-refractivity contribution in [3.63, 3.8) is 0 Å². The van der Waals surface area contributed by atoms with Crippen LogP contribution in [0.25, 0.3) is 0 Å². The fourth-order valence-electron chi connectivity index (χ4n) is 2.19. The number of phenolic OH excluding ortho intramolecular Hbond substituents is 1. The van der Waals surface area contributed by atoms with Crippen molar-refractivity contribution < 1.29 is 14.3 Å². The molecule has 1 heterocycles. The van der Waals surface area contributed by atoms with Crippen molar-refractivity contribution in [1.82, 2.24) is 15.6 Å². The molecule has 0 atom stereocenters. The number of aryl methyl sites for hydroxylation is 2. The summed E-state index contributed by atoms with van der Waals surface area (Å²) in [6, 6.07) is 5.29. The monoisotopic (exact) mass is 460 g/mol. The SMILES string of the molecule is CN=C(NCCc1ccc(OC)cc1O)NCc1nc(C)c(C)o1.I. The number of nitrogens with zero attached hydrogens (tertiary/aromatic N) is 2. The average molecular weight is 460 g/mol. The van der Waals surface area contributed by atoms with Crippen LogP contribution >= 0.6 is 24.0 Å². The van der Waals surface area contributed by atoms with Gasteiger partial charge in [-0.05, 0) is 31.9 Å². The van der Waals surface area contributed by atoms with Crippen molar-refractivity contribution >= 4 is 29.9 Å². The maximum Gasteiger partial charge on any atom is 0.214 e. The van der Waals surface area contributed by atoms with E-state index in [2.05, 4.69) is 20.6 Å². The zero-order chi connectivity index (χ0) is 17.5. The molecule has 0 aliphatic carbocycles. The van der Waals surface area contributed by atoms with E-state index in [1.807, 2.05) is 26.0 Å². The molecular weight excluding hydrogens is 435 g/mol.